The van der Waals surface area contributed by atoms with Crippen molar-refractivity contribution >= 4 is 17.0 Å². The van der Waals surface area contributed by atoms with Crippen LogP contribution in [0.4, 0.5) is 5.95 Å². The van der Waals surface area contributed by atoms with Gasteiger partial charge in [0.2, 0.25) is 11.8 Å². The number of H-pyrrole nitrogens is 1. The number of fused-ring (bicyclic) bond motifs is 1. The Hall–Kier alpha value is -1.85. The highest BCUT2D eigenvalue weighted by Crippen LogP contribution is 2.27. The van der Waals surface area contributed by atoms with E-state index in [9.17, 15) is 0 Å². The molecule has 3 rings (SSSR count). The van der Waals surface area contributed by atoms with Gasteiger partial charge in [0.25, 0.3) is 0 Å². The van der Waals surface area contributed by atoms with E-state index in [1.54, 1.807) is 13.2 Å². The van der Waals surface area contributed by atoms with Crippen molar-refractivity contribution in [3.05, 3.63) is 6.20 Å². The van der Waals surface area contributed by atoms with Crippen LogP contribution in [0.15, 0.2) is 6.20 Å². The molecular formula is C11H15N5O. The molecule has 0 amide bonds. The van der Waals surface area contributed by atoms with Crippen molar-refractivity contribution in [3.63, 3.8) is 0 Å². The van der Waals surface area contributed by atoms with Crippen LogP contribution in [0.5, 0.6) is 5.88 Å². The molecule has 2 aromatic heterocycles. The maximum atomic E-state index is 5.94. The van der Waals surface area contributed by atoms with E-state index in [1.807, 2.05) is 0 Å². The van der Waals surface area contributed by atoms with E-state index in [0.717, 1.165) is 18.2 Å². The molecule has 2 N–H and O–H groups in total. The average molecular weight is 233 g/mol. The molecule has 0 radical (unpaired) electrons. The molecule has 90 valence electrons. The largest absolute Gasteiger partial charge is 0.474 e. The minimum atomic E-state index is 0.285. The fourth-order valence-corrected chi connectivity index (χ4v) is 2.17. The molecule has 0 spiro atoms. The Labute approximate surface area is 98.8 Å². The van der Waals surface area contributed by atoms with Crippen LogP contribution in [0.25, 0.3) is 11.0 Å². The van der Waals surface area contributed by atoms with Crippen molar-refractivity contribution in [2.45, 2.75) is 31.8 Å². The topological polar surface area (TPSA) is 75.7 Å². The second-order valence-corrected chi connectivity index (χ2v) is 4.26. The van der Waals surface area contributed by atoms with Gasteiger partial charge in [0, 0.05) is 7.05 Å². The number of rotatable bonds is 3. The lowest BCUT2D eigenvalue weighted by atomic mass is 10.3. The van der Waals surface area contributed by atoms with Gasteiger partial charge in [0.15, 0.2) is 5.65 Å². The van der Waals surface area contributed by atoms with Crippen molar-refractivity contribution in [1.29, 1.82) is 0 Å². The number of anilines is 1. The molecule has 1 aliphatic rings. The molecule has 0 atom stereocenters. The summed E-state index contributed by atoms with van der Waals surface area (Å²) in [7, 11) is 1.79. The Bertz CT molecular complexity index is 518. The van der Waals surface area contributed by atoms with Gasteiger partial charge < -0.3 is 10.1 Å². The van der Waals surface area contributed by atoms with Crippen LogP contribution >= 0.6 is 0 Å². The lowest BCUT2D eigenvalue weighted by Gasteiger charge is -2.13. The predicted octanol–water partition coefficient (Wildman–Crippen LogP) is 1.72. The summed E-state index contributed by atoms with van der Waals surface area (Å²) in [5.41, 5.74) is 0.706. The molecule has 0 aromatic carbocycles. The smallest absolute Gasteiger partial charge is 0.229 e. The molecule has 0 unspecified atom stereocenters. The van der Waals surface area contributed by atoms with E-state index >= 15 is 0 Å². The second kappa shape index (κ2) is 4.20. The summed E-state index contributed by atoms with van der Waals surface area (Å²) >= 11 is 0. The number of aromatic amines is 1. The van der Waals surface area contributed by atoms with Gasteiger partial charge in [0.05, 0.1) is 6.20 Å². The van der Waals surface area contributed by atoms with Crippen LogP contribution in [0.1, 0.15) is 25.7 Å². The van der Waals surface area contributed by atoms with E-state index < -0.39 is 0 Å². The van der Waals surface area contributed by atoms with E-state index in [0.29, 0.717) is 17.5 Å². The van der Waals surface area contributed by atoms with Crippen LogP contribution < -0.4 is 10.1 Å². The Morgan fingerprint density at radius 3 is 2.94 bits per heavy atom. The molecule has 2 heterocycles. The molecule has 1 saturated carbocycles. The number of hydrogen-bond acceptors (Lipinski definition) is 5. The van der Waals surface area contributed by atoms with Gasteiger partial charge in [-0.2, -0.15) is 15.1 Å². The highest BCUT2D eigenvalue weighted by atomic mass is 16.5. The Morgan fingerprint density at radius 1 is 1.35 bits per heavy atom. The molecule has 0 bridgehead atoms. The fourth-order valence-electron chi connectivity index (χ4n) is 2.17. The Kier molecular flexibility index (Phi) is 2.55. The van der Waals surface area contributed by atoms with Gasteiger partial charge >= 0.3 is 0 Å². The third-order valence-corrected chi connectivity index (χ3v) is 3.08. The van der Waals surface area contributed by atoms with Crippen LogP contribution in [0.2, 0.25) is 0 Å². The quantitative estimate of drug-likeness (QED) is 0.844. The van der Waals surface area contributed by atoms with Gasteiger partial charge in [-0.3, -0.25) is 5.10 Å². The van der Waals surface area contributed by atoms with Gasteiger partial charge in [-0.25, -0.2) is 0 Å². The number of nitrogens with one attached hydrogen (secondary N) is 2. The van der Waals surface area contributed by atoms with Gasteiger partial charge in [-0.05, 0) is 25.7 Å². The zero-order chi connectivity index (χ0) is 11.7. The zero-order valence-electron chi connectivity index (χ0n) is 9.73. The Balaban J connectivity index is 1.97. The SMILES string of the molecule is CNc1nc(OC2CCCC2)c2cn[nH]c2n1. The number of nitrogens with zero attached hydrogens (tertiary/aromatic N) is 3. The lowest BCUT2D eigenvalue weighted by molar-refractivity contribution is 0.204. The molecule has 2 aromatic rings. The molecule has 6 nitrogen and oxygen atoms in total. The number of aromatic nitrogens is 4. The molecule has 1 aliphatic carbocycles. The fraction of sp³-hybridized carbons (Fsp3) is 0.545. The summed E-state index contributed by atoms with van der Waals surface area (Å²) in [6.45, 7) is 0. The van der Waals surface area contributed by atoms with Crippen LogP contribution in [0.3, 0.4) is 0 Å². The van der Waals surface area contributed by atoms with E-state index in [2.05, 4.69) is 25.5 Å². The average Bonchev–Trinajstić information content (AvgIpc) is 2.98. The molecule has 0 aliphatic heterocycles. The summed E-state index contributed by atoms with van der Waals surface area (Å²) in [6.07, 6.45) is 6.69. The third-order valence-electron chi connectivity index (χ3n) is 3.08. The van der Waals surface area contributed by atoms with Crippen molar-refractivity contribution in [2.75, 3.05) is 12.4 Å². The van der Waals surface area contributed by atoms with Crippen molar-refractivity contribution in [2.24, 2.45) is 0 Å². The lowest BCUT2D eigenvalue weighted by Crippen LogP contribution is -2.13. The molecule has 17 heavy (non-hydrogen) atoms. The van der Waals surface area contributed by atoms with Crippen LogP contribution in [0, 0.1) is 0 Å². The van der Waals surface area contributed by atoms with Crippen molar-refractivity contribution in [1.82, 2.24) is 20.2 Å². The molecule has 1 fully saturated rings. The summed E-state index contributed by atoms with van der Waals surface area (Å²) in [4.78, 5) is 8.62. The second-order valence-electron chi connectivity index (χ2n) is 4.26. The third kappa shape index (κ3) is 1.90. The summed E-state index contributed by atoms with van der Waals surface area (Å²) in [5, 5.41) is 10.6. The van der Waals surface area contributed by atoms with Crippen LogP contribution in [-0.4, -0.2) is 33.3 Å². The minimum absolute atomic E-state index is 0.285. The summed E-state index contributed by atoms with van der Waals surface area (Å²) in [6, 6.07) is 0. The summed E-state index contributed by atoms with van der Waals surface area (Å²) < 4.78 is 5.94. The van der Waals surface area contributed by atoms with E-state index in [-0.39, 0.29) is 6.10 Å². The number of hydrogen-bond donors (Lipinski definition) is 2. The molecule has 0 saturated heterocycles. The minimum Gasteiger partial charge on any atom is -0.474 e. The zero-order valence-corrected chi connectivity index (χ0v) is 9.73. The monoisotopic (exact) mass is 233 g/mol. The standard InChI is InChI=1S/C11H15N5O/c1-12-11-14-9-8(6-13-16-9)10(15-11)17-7-4-2-3-5-7/h6-7H,2-5H2,1H3,(H2,12,13,14,15,16). The normalized spacial score (nSPS) is 16.5. The van der Waals surface area contributed by atoms with E-state index in [1.165, 1.54) is 12.8 Å². The van der Waals surface area contributed by atoms with E-state index in [4.69, 9.17) is 4.74 Å². The van der Waals surface area contributed by atoms with Gasteiger partial charge in [0.1, 0.15) is 11.5 Å². The van der Waals surface area contributed by atoms with Crippen molar-refractivity contribution < 1.29 is 4.74 Å². The van der Waals surface area contributed by atoms with Crippen LogP contribution in [-0.2, 0) is 0 Å². The Morgan fingerprint density at radius 2 is 2.18 bits per heavy atom. The highest BCUT2D eigenvalue weighted by molar-refractivity contribution is 5.80. The summed E-state index contributed by atoms with van der Waals surface area (Å²) in [5.74, 6) is 1.18. The van der Waals surface area contributed by atoms with Crippen molar-refractivity contribution in [3.8, 4) is 5.88 Å². The molecule has 6 heteroatoms. The first-order valence-electron chi connectivity index (χ1n) is 5.92. The highest BCUT2D eigenvalue weighted by Gasteiger charge is 2.19. The first kappa shape index (κ1) is 10.3. The maximum absolute atomic E-state index is 5.94. The van der Waals surface area contributed by atoms with Gasteiger partial charge in [-0.15, -0.1) is 0 Å². The molecular weight excluding hydrogens is 218 g/mol. The first-order valence-corrected chi connectivity index (χ1v) is 5.92. The van der Waals surface area contributed by atoms with Gasteiger partial charge in [-0.1, -0.05) is 0 Å². The first-order chi connectivity index (χ1) is 8.36. The predicted molar refractivity (Wildman–Crippen MR) is 64.1 cm³/mol. The number of ether oxygens (including phenoxy) is 1. The maximum Gasteiger partial charge on any atom is 0.229 e.